The van der Waals surface area contributed by atoms with Crippen LogP contribution in [0.1, 0.15) is 97.7 Å². The number of nitrogens with zero attached hydrogens (tertiary/aromatic N) is 1. The number of cyclic esters (lactones) is 1. The average molecular weight is 476 g/mol. The molecular formula is C28H45NO3S. The summed E-state index contributed by atoms with van der Waals surface area (Å²) in [5.41, 5.74) is 2.87. The number of esters is 1. The second-order valence-corrected chi connectivity index (χ2v) is 12.1. The number of carbonyl (C=O) groups excluding carboxylic acids is 1. The molecule has 5 heteroatoms. The van der Waals surface area contributed by atoms with Crippen molar-refractivity contribution in [1.29, 1.82) is 0 Å². The molecule has 0 saturated carbocycles. The van der Waals surface area contributed by atoms with Crippen molar-refractivity contribution in [1.82, 2.24) is 4.98 Å². The van der Waals surface area contributed by atoms with Gasteiger partial charge in [-0.05, 0) is 74.9 Å². The first-order valence-corrected chi connectivity index (χ1v) is 13.4. The number of hydrogen-bond donors (Lipinski definition) is 1. The van der Waals surface area contributed by atoms with Gasteiger partial charge in [0, 0.05) is 11.8 Å². The third kappa shape index (κ3) is 8.68. The van der Waals surface area contributed by atoms with Gasteiger partial charge in [0.15, 0.2) is 0 Å². The summed E-state index contributed by atoms with van der Waals surface area (Å²) in [6.45, 7) is 17.3. The second-order valence-electron chi connectivity index (χ2n) is 11.1. The van der Waals surface area contributed by atoms with E-state index in [-0.39, 0.29) is 23.9 Å². The monoisotopic (exact) mass is 475 g/mol. The number of thiazole rings is 1. The van der Waals surface area contributed by atoms with Crippen LogP contribution in [-0.4, -0.2) is 28.3 Å². The van der Waals surface area contributed by atoms with Crippen molar-refractivity contribution < 1.29 is 14.6 Å². The number of aliphatic hydroxyl groups excluding tert-OH is 1. The summed E-state index contributed by atoms with van der Waals surface area (Å²) >= 11 is 1.61. The van der Waals surface area contributed by atoms with Crippen LogP contribution in [0, 0.1) is 30.1 Å². The van der Waals surface area contributed by atoms with Crippen molar-refractivity contribution in [2.45, 2.75) is 106 Å². The molecule has 186 valence electrons. The van der Waals surface area contributed by atoms with Crippen LogP contribution in [0.15, 0.2) is 22.6 Å². The Bertz CT molecular complexity index is 838. The van der Waals surface area contributed by atoms with Crippen molar-refractivity contribution in [2.75, 3.05) is 0 Å². The summed E-state index contributed by atoms with van der Waals surface area (Å²) in [7, 11) is 0. The van der Waals surface area contributed by atoms with Crippen LogP contribution < -0.4 is 0 Å². The van der Waals surface area contributed by atoms with Crippen LogP contribution in [0.4, 0.5) is 0 Å². The van der Waals surface area contributed by atoms with E-state index in [1.54, 1.807) is 11.3 Å². The van der Waals surface area contributed by atoms with Gasteiger partial charge >= 0.3 is 5.97 Å². The normalized spacial score (nSPS) is 32.6. The molecule has 0 spiro atoms. The van der Waals surface area contributed by atoms with Gasteiger partial charge in [-0.15, -0.1) is 11.3 Å². The zero-order valence-corrected chi connectivity index (χ0v) is 22.8. The summed E-state index contributed by atoms with van der Waals surface area (Å²) < 4.78 is 5.93. The van der Waals surface area contributed by atoms with Gasteiger partial charge in [0.05, 0.1) is 23.2 Å². The number of aromatic nitrogens is 1. The zero-order valence-electron chi connectivity index (χ0n) is 22.0. The van der Waals surface area contributed by atoms with Gasteiger partial charge in [0.1, 0.15) is 6.10 Å². The SMILES string of the molecule is C/C1=C/CC(/C(C)=C/c2csc(C)n2)OC(=O)CC(O)C(C)(C)CC(C)C(C)C(C)CCC1. The molecule has 1 aliphatic heterocycles. The minimum absolute atomic E-state index is 0.0198. The van der Waals surface area contributed by atoms with Gasteiger partial charge in [0.2, 0.25) is 0 Å². The van der Waals surface area contributed by atoms with E-state index in [0.717, 1.165) is 29.1 Å². The van der Waals surface area contributed by atoms with E-state index in [4.69, 9.17) is 4.74 Å². The number of aryl methyl sites for hydroxylation is 1. The molecule has 5 unspecified atom stereocenters. The first-order valence-electron chi connectivity index (χ1n) is 12.5. The van der Waals surface area contributed by atoms with Gasteiger partial charge in [-0.3, -0.25) is 4.79 Å². The number of carbonyl (C=O) groups is 1. The Kier molecular flexibility index (Phi) is 10.4. The average Bonchev–Trinajstić information content (AvgIpc) is 3.13. The minimum atomic E-state index is -0.730. The fourth-order valence-corrected chi connectivity index (χ4v) is 5.40. The van der Waals surface area contributed by atoms with E-state index < -0.39 is 6.10 Å². The van der Waals surface area contributed by atoms with Crippen LogP contribution in [0.3, 0.4) is 0 Å². The second kappa shape index (κ2) is 12.3. The van der Waals surface area contributed by atoms with Gasteiger partial charge in [-0.2, -0.15) is 0 Å². The first-order chi connectivity index (χ1) is 15.4. The first kappa shape index (κ1) is 27.8. The lowest BCUT2D eigenvalue weighted by Gasteiger charge is -2.36. The summed E-state index contributed by atoms with van der Waals surface area (Å²) in [5.74, 6) is 1.35. The third-order valence-corrected chi connectivity index (χ3v) is 8.40. The standard InChI is InChI=1S/C28H45NO3S/c1-18-10-9-11-19(2)22(5)21(4)16-28(7,8)26(30)15-27(31)32-25(13-12-18)20(3)14-24-17-33-23(6)29-24/h12,14,17,19,21-22,25-26,30H,9-11,13,15-16H2,1-8H3/b18-12-,20-14+. The quantitative estimate of drug-likeness (QED) is 0.358. The fraction of sp³-hybridized carbons (Fsp3) is 0.714. The van der Waals surface area contributed by atoms with Crippen LogP contribution in [-0.2, 0) is 9.53 Å². The molecule has 33 heavy (non-hydrogen) atoms. The smallest absolute Gasteiger partial charge is 0.309 e. The Labute approximate surface area is 205 Å². The molecule has 0 aromatic carbocycles. The van der Waals surface area contributed by atoms with E-state index in [0.29, 0.717) is 24.2 Å². The van der Waals surface area contributed by atoms with Crippen LogP contribution >= 0.6 is 11.3 Å². The van der Waals surface area contributed by atoms with Crippen molar-refractivity contribution in [3.05, 3.63) is 33.3 Å². The summed E-state index contributed by atoms with van der Waals surface area (Å²) in [5, 5.41) is 14.0. The van der Waals surface area contributed by atoms with Gasteiger partial charge in [-0.1, -0.05) is 52.7 Å². The number of allylic oxidation sites excluding steroid dienone is 1. The van der Waals surface area contributed by atoms with Crippen LogP contribution in [0.5, 0.6) is 0 Å². The van der Waals surface area contributed by atoms with Crippen molar-refractivity contribution in [3.8, 4) is 0 Å². The Morgan fingerprint density at radius 1 is 1.24 bits per heavy atom. The third-order valence-electron chi connectivity index (χ3n) is 7.61. The van der Waals surface area contributed by atoms with Gasteiger partial charge < -0.3 is 9.84 Å². The maximum absolute atomic E-state index is 12.9. The molecule has 0 saturated heterocycles. The lowest BCUT2D eigenvalue weighted by Crippen LogP contribution is -2.36. The molecule has 5 atom stereocenters. The summed E-state index contributed by atoms with van der Waals surface area (Å²) in [4.78, 5) is 17.4. The van der Waals surface area contributed by atoms with Gasteiger partial charge in [-0.25, -0.2) is 4.98 Å². The highest BCUT2D eigenvalue weighted by molar-refractivity contribution is 7.09. The molecule has 0 amide bonds. The topological polar surface area (TPSA) is 59.4 Å². The largest absolute Gasteiger partial charge is 0.457 e. The molecule has 0 aliphatic carbocycles. The number of hydrogen-bond acceptors (Lipinski definition) is 5. The van der Waals surface area contributed by atoms with E-state index in [9.17, 15) is 9.90 Å². The molecule has 2 rings (SSSR count). The molecule has 1 aromatic heterocycles. The summed E-state index contributed by atoms with van der Waals surface area (Å²) in [6.07, 6.45) is 8.14. The highest BCUT2D eigenvalue weighted by Gasteiger charge is 2.34. The maximum atomic E-state index is 12.9. The van der Waals surface area contributed by atoms with Crippen LogP contribution in [0.25, 0.3) is 6.08 Å². The van der Waals surface area contributed by atoms with Crippen molar-refractivity contribution in [2.24, 2.45) is 23.2 Å². The predicted molar refractivity (Wildman–Crippen MR) is 139 cm³/mol. The maximum Gasteiger partial charge on any atom is 0.309 e. The Morgan fingerprint density at radius 2 is 1.94 bits per heavy atom. The lowest BCUT2D eigenvalue weighted by molar-refractivity contribution is -0.151. The minimum Gasteiger partial charge on any atom is -0.457 e. The highest BCUT2D eigenvalue weighted by Crippen LogP contribution is 2.37. The van der Waals surface area contributed by atoms with Gasteiger partial charge in [0.25, 0.3) is 0 Å². The van der Waals surface area contributed by atoms with Crippen molar-refractivity contribution >= 4 is 23.4 Å². The van der Waals surface area contributed by atoms with E-state index in [1.807, 2.05) is 25.3 Å². The van der Waals surface area contributed by atoms with E-state index >= 15 is 0 Å². The Morgan fingerprint density at radius 3 is 2.58 bits per heavy atom. The molecule has 4 nitrogen and oxygen atoms in total. The molecule has 1 N–H and O–H groups in total. The fourth-order valence-electron chi connectivity index (χ4n) is 4.83. The van der Waals surface area contributed by atoms with Crippen molar-refractivity contribution in [3.63, 3.8) is 0 Å². The lowest BCUT2D eigenvalue weighted by atomic mass is 9.71. The Balaban J connectivity index is 2.27. The molecular weight excluding hydrogens is 430 g/mol. The number of ether oxygens (including phenoxy) is 1. The molecule has 0 bridgehead atoms. The Hall–Kier alpha value is -1.46. The number of aliphatic hydroxyl groups is 1. The predicted octanol–water partition coefficient (Wildman–Crippen LogP) is 7.36. The summed E-state index contributed by atoms with van der Waals surface area (Å²) in [6, 6.07) is 0. The van der Waals surface area contributed by atoms with E-state index in [2.05, 4.69) is 52.6 Å². The molecule has 1 aromatic rings. The highest BCUT2D eigenvalue weighted by atomic mass is 32.1. The van der Waals surface area contributed by atoms with Crippen LogP contribution in [0.2, 0.25) is 0 Å². The molecule has 1 aliphatic rings. The van der Waals surface area contributed by atoms with E-state index in [1.165, 1.54) is 18.4 Å². The zero-order chi connectivity index (χ0) is 24.8. The molecule has 0 radical (unpaired) electrons. The molecule has 0 fully saturated rings. The molecule has 2 heterocycles. The number of rotatable bonds is 2.